The fraction of sp³-hybridized carbons (Fsp3) is 0.200. The van der Waals surface area contributed by atoms with Gasteiger partial charge < -0.3 is 15.2 Å². The molecule has 34 heavy (non-hydrogen) atoms. The Hall–Kier alpha value is -4.27. The SMILES string of the molecule is CNC(=O)CC(N=C([O-])OCC1c2ccccc2-c2ccccc21)c1cc(F)ccc1[N+](=O)[O-]. The highest BCUT2D eigenvalue weighted by Crippen LogP contribution is 2.44. The molecular weight excluding hydrogens is 441 g/mol. The zero-order valence-electron chi connectivity index (χ0n) is 18.2. The lowest BCUT2D eigenvalue weighted by molar-refractivity contribution is -0.385. The second kappa shape index (κ2) is 9.70. The van der Waals surface area contributed by atoms with E-state index in [0.29, 0.717) is 0 Å². The van der Waals surface area contributed by atoms with Crippen molar-refractivity contribution in [1.29, 1.82) is 0 Å². The summed E-state index contributed by atoms with van der Waals surface area (Å²) < 4.78 is 19.3. The number of halogens is 1. The first kappa shape index (κ1) is 22.9. The largest absolute Gasteiger partial charge is 0.599 e. The Morgan fingerprint density at radius 1 is 1.12 bits per heavy atom. The van der Waals surface area contributed by atoms with Crippen LogP contribution in [0.25, 0.3) is 11.1 Å². The minimum Gasteiger partial charge on any atom is -0.599 e. The summed E-state index contributed by atoms with van der Waals surface area (Å²) in [6.45, 7) is -0.00566. The Bertz CT molecular complexity index is 1230. The number of nitro groups is 1. The van der Waals surface area contributed by atoms with Crippen LogP contribution in [-0.4, -0.2) is 30.6 Å². The molecule has 8 nitrogen and oxygen atoms in total. The highest BCUT2D eigenvalue weighted by Gasteiger charge is 2.28. The minimum atomic E-state index is -1.29. The van der Waals surface area contributed by atoms with E-state index in [4.69, 9.17) is 4.74 Å². The second-order valence-corrected chi connectivity index (χ2v) is 7.79. The van der Waals surface area contributed by atoms with Crippen molar-refractivity contribution in [3.05, 3.63) is 99.4 Å². The summed E-state index contributed by atoms with van der Waals surface area (Å²) in [6, 6.07) is 17.2. The number of carbonyl (C=O) groups is 1. The van der Waals surface area contributed by atoms with Gasteiger partial charge in [0, 0.05) is 25.6 Å². The smallest absolute Gasteiger partial charge is 0.274 e. The maximum Gasteiger partial charge on any atom is 0.274 e. The predicted molar refractivity (Wildman–Crippen MR) is 122 cm³/mol. The lowest BCUT2D eigenvalue weighted by atomic mass is 9.98. The zero-order valence-corrected chi connectivity index (χ0v) is 18.2. The molecule has 1 amide bonds. The van der Waals surface area contributed by atoms with Crippen LogP contribution in [0.15, 0.2) is 71.7 Å². The van der Waals surface area contributed by atoms with E-state index in [1.54, 1.807) is 0 Å². The standard InChI is InChI=1S/C25H22FN3O5/c1-27-24(30)13-22(20-12-15(26)10-11-23(20)29(32)33)28-25(31)34-14-21-18-8-4-2-6-16(18)17-7-3-5-9-19(17)21/h2-12,21-22H,13-14H2,1H3,(H,27,30)(H,28,31)/p-1. The average Bonchev–Trinajstić information content (AvgIpc) is 3.15. The fourth-order valence-electron chi connectivity index (χ4n) is 4.22. The molecule has 0 aromatic heterocycles. The summed E-state index contributed by atoms with van der Waals surface area (Å²) >= 11 is 0. The molecule has 0 saturated carbocycles. The summed E-state index contributed by atoms with van der Waals surface area (Å²) in [5, 5.41) is 26.5. The van der Waals surface area contributed by atoms with Gasteiger partial charge >= 0.3 is 0 Å². The van der Waals surface area contributed by atoms with Gasteiger partial charge in [0.25, 0.3) is 5.69 Å². The van der Waals surface area contributed by atoms with E-state index in [-0.39, 0.29) is 24.5 Å². The molecule has 3 aromatic rings. The van der Waals surface area contributed by atoms with Gasteiger partial charge in [-0.3, -0.25) is 19.9 Å². The summed E-state index contributed by atoms with van der Waals surface area (Å²) in [7, 11) is 1.38. The van der Waals surface area contributed by atoms with Gasteiger partial charge in [0.2, 0.25) is 5.91 Å². The monoisotopic (exact) mass is 462 g/mol. The maximum absolute atomic E-state index is 13.9. The number of fused-ring (bicyclic) bond motifs is 3. The first-order valence-electron chi connectivity index (χ1n) is 10.6. The number of benzene rings is 3. The number of amides is 1. The number of ether oxygens (including phenoxy) is 1. The third-order valence-electron chi connectivity index (χ3n) is 5.80. The number of hydrogen-bond acceptors (Lipinski definition) is 6. The Kier molecular flexibility index (Phi) is 6.53. The number of carbonyl (C=O) groups excluding carboxylic acids is 1. The number of hydrogen-bond donors (Lipinski definition) is 1. The quantitative estimate of drug-likeness (QED) is 0.250. The molecule has 0 aliphatic heterocycles. The van der Waals surface area contributed by atoms with Gasteiger partial charge in [0.1, 0.15) is 11.9 Å². The molecule has 1 aliphatic rings. The first-order valence-corrected chi connectivity index (χ1v) is 10.6. The lowest BCUT2D eigenvalue weighted by Gasteiger charge is -2.22. The van der Waals surface area contributed by atoms with Crippen LogP contribution in [0.5, 0.6) is 0 Å². The summed E-state index contributed by atoms with van der Waals surface area (Å²) in [6.07, 6.45) is -1.38. The van der Waals surface area contributed by atoms with E-state index in [0.717, 1.165) is 40.5 Å². The van der Waals surface area contributed by atoms with Gasteiger partial charge in [0.05, 0.1) is 22.9 Å². The van der Waals surface area contributed by atoms with Crippen LogP contribution in [0, 0.1) is 15.9 Å². The van der Waals surface area contributed by atoms with Crippen molar-refractivity contribution in [3.63, 3.8) is 0 Å². The Labute approximate surface area is 194 Å². The van der Waals surface area contributed by atoms with Gasteiger partial charge in [-0.05, 0) is 34.4 Å². The molecule has 0 saturated heterocycles. The zero-order chi connectivity index (χ0) is 24.2. The number of nitrogens with zero attached hydrogens (tertiary/aromatic N) is 2. The highest BCUT2D eigenvalue weighted by atomic mass is 19.1. The molecule has 0 spiro atoms. The van der Waals surface area contributed by atoms with Crippen LogP contribution in [-0.2, 0) is 9.53 Å². The minimum absolute atomic E-state index is 0.00566. The predicted octanol–water partition coefficient (Wildman–Crippen LogP) is 3.46. The van der Waals surface area contributed by atoms with Gasteiger partial charge in [0.15, 0.2) is 0 Å². The normalized spacial score (nSPS) is 13.6. The summed E-state index contributed by atoms with van der Waals surface area (Å²) in [5.74, 6) is -1.46. The highest BCUT2D eigenvalue weighted by molar-refractivity contribution is 5.79. The fourth-order valence-corrected chi connectivity index (χ4v) is 4.22. The van der Waals surface area contributed by atoms with Gasteiger partial charge in [-0.15, -0.1) is 0 Å². The van der Waals surface area contributed by atoms with Crippen molar-refractivity contribution < 1.29 is 24.0 Å². The van der Waals surface area contributed by atoms with Crippen molar-refractivity contribution in [2.75, 3.05) is 13.7 Å². The molecule has 4 rings (SSSR count). The molecule has 1 atom stereocenters. The van der Waals surface area contributed by atoms with E-state index in [2.05, 4.69) is 10.3 Å². The van der Waals surface area contributed by atoms with Crippen LogP contribution in [0.3, 0.4) is 0 Å². The molecule has 174 valence electrons. The van der Waals surface area contributed by atoms with Crippen molar-refractivity contribution in [2.45, 2.75) is 18.4 Å². The summed E-state index contributed by atoms with van der Waals surface area (Å²) in [5.41, 5.74) is 3.53. The van der Waals surface area contributed by atoms with Crippen LogP contribution in [0.2, 0.25) is 0 Å². The molecule has 9 heteroatoms. The number of nitro benzene ring substituents is 1. The number of nitrogens with one attached hydrogen (secondary N) is 1. The Morgan fingerprint density at radius 3 is 2.32 bits per heavy atom. The molecule has 3 aromatic carbocycles. The van der Waals surface area contributed by atoms with Crippen molar-refractivity contribution in [3.8, 4) is 11.1 Å². The molecular formula is C25H21FN3O5-. The topological polar surface area (TPSA) is 117 Å². The van der Waals surface area contributed by atoms with Gasteiger partial charge in [-0.1, -0.05) is 48.5 Å². The molecule has 1 N–H and O–H groups in total. The van der Waals surface area contributed by atoms with E-state index in [9.17, 15) is 24.4 Å². The van der Waals surface area contributed by atoms with E-state index in [1.807, 2.05) is 48.5 Å². The van der Waals surface area contributed by atoms with Gasteiger partial charge in [-0.25, -0.2) is 4.39 Å². The average molecular weight is 462 g/mol. The molecule has 1 aliphatic carbocycles. The molecule has 0 bridgehead atoms. The number of rotatable bonds is 7. The van der Waals surface area contributed by atoms with E-state index in [1.165, 1.54) is 7.05 Å². The summed E-state index contributed by atoms with van der Waals surface area (Å²) in [4.78, 5) is 26.6. The molecule has 0 radical (unpaired) electrons. The van der Waals surface area contributed by atoms with Crippen LogP contribution in [0.4, 0.5) is 10.1 Å². The Morgan fingerprint density at radius 2 is 1.74 bits per heavy atom. The number of aliphatic imine (C=N–C) groups is 1. The third kappa shape index (κ3) is 4.59. The van der Waals surface area contributed by atoms with Gasteiger partial charge in [-0.2, -0.15) is 0 Å². The van der Waals surface area contributed by atoms with Crippen LogP contribution < -0.4 is 10.4 Å². The maximum atomic E-state index is 13.9. The van der Waals surface area contributed by atoms with Crippen LogP contribution in [0.1, 0.15) is 35.1 Å². The molecule has 1 unspecified atom stereocenters. The Balaban J connectivity index is 1.61. The molecule has 0 fully saturated rings. The van der Waals surface area contributed by atoms with Crippen molar-refractivity contribution >= 4 is 17.7 Å². The molecule has 0 heterocycles. The van der Waals surface area contributed by atoms with Crippen molar-refractivity contribution in [1.82, 2.24) is 5.32 Å². The third-order valence-corrected chi connectivity index (χ3v) is 5.80. The van der Waals surface area contributed by atoms with Crippen LogP contribution >= 0.6 is 0 Å². The second-order valence-electron chi connectivity index (χ2n) is 7.79. The first-order chi connectivity index (χ1) is 16.4. The lowest BCUT2D eigenvalue weighted by Crippen LogP contribution is -2.27. The van der Waals surface area contributed by atoms with E-state index < -0.39 is 34.5 Å². The van der Waals surface area contributed by atoms with E-state index >= 15 is 0 Å². The van der Waals surface area contributed by atoms with Crippen molar-refractivity contribution in [2.24, 2.45) is 4.99 Å².